The van der Waals surface area contributed by atoms with Crippen LogP contribution in [0.1, 0.15) is 6.92 Å². The Morgan fingerprint density at radius 2 is 2.38 bits per heavy atom. The Kier molecular flexibility index (Phi) is 2.15. The number of rotatable bonds is 0. The number of nitrogens with zero attached hydrogens (tertiary/aromatic N) is 2. The Balaban J connectivity index is 2.49. The lowest BCUT2D eigenvalue weighted by molar-refractivity contribution is 0.213. The van der Waals surface area contributed by atoms with Gasteiger partial charge in [-0.1, -0.05) is 0 Å². The van der Waals surface area contributed by atoms with E-state index in [2.05, 4.69) is 32.7 Å². The number of aromatic nitrogens is 1. The van der Waals surface area contributed by atoms with Crippen molar-refractivity contribution in [1.82, 2.24) is 4.98 Å². The molecule has 13 heavy (non-hydrogen) atoms. The van der Waals surface area contributed by atoms with Gasteiger partial charge in [0.1, 0.15) is 6.10 Å². The number of hydrogen-bond donors (Lipinski definition) is 0. The minimum absolute atomic E-state index is 0.233. The summed E-state index contributed by atoms with van der Waals surface area (Å²) in [5.41, 5.74) is 1.05. The summed E-state index contributed by atoms with van der Waals surface area (Å²) in [6.07, 6.45) is 3.81. The van der Waals surface area contributed by atoms with Crippen LogP contribution in [-0.2, 0) is 0 Å². The van der Waals surface area contributed by atoms with Crippen LogP contribution >= 0.6 is 15.9 Å². The van der Waals surface area contributed by atoms with E-state index >= 15 is 0 Å². The van der Waals surface area contributed by atoms with Crippen LogP contribution in [-0.4, -0.2) is 24.7 Å². The van der Waals surface area contributed by atoms with Crippen LogP contribution in [0.25, 0.3) is 0 Å². The number of ether oxygens (including phenoxy) is 1. The quantitative estimate of drug-likeness (QED) is 0.697. The van der Waals surface area contributed by atoms with E-state index in [0.717, 1.165) is 22.5 Å². The average molecular weight is 243 g/mol. The van der Waals surface area contributed by atoms with Crippen LogP contribution in [0.2, 0.25) is 0 Å². The SMILES string of the molecule is CC1CN(C)c2cncc(Br)c2O1. The highest BCUT2D eigenvalue weighted by Crippen LogP contribution is 2.37. The average Bonchev–Trinajstić information content (AvgIpc) is 2.07. The molecule has 2 heterocycles. The predicted molar refractivity (Wildman–Crippen MR) is 55.3 cm³/mol. The summed E-state index contributed by atoms with van der Waals surface area (Å²) in [5, 5.41) is 0. The molecule has 1 aromatic rings. The van der Waals surface area contributed by atoms with Crippen LogP contribution in [0, 0.1) is 0 Å². The Hall–Kier alpha value is -0.770. The molecule has 0 N–H and O–H groups in total. The number of hydrogen-bond acceptors (Lipinski definition) is 3. The van der Waals surface area contributed by atoms with Crippen molar-refractivity contribution in [1.29, 1.82) is 0 Å². The Labute approximate surface area is 85.8 Å². The Morgan fingerprint density at radius 3 is 3.15 bits per heavy atom. The van der Waals surface area contributed by atoms with E-state index in [0.29, 0.717) is 0 Å². The van der Waals surface area contributed by atoms with Crippen molar-refractivity contribution < 1.29 is 4.74 Å². The summed E-state index contributed by atoms with van der Waals surface area (Å²) in [6, 6.07) is 0. The predicted octanol–water partition coefficient (Wildman–Crippen LogP) is 2.06. The molecule has 3 nitrogen and oxygen atoms in total. The maximum atomic E-state index is 5.70. The van der Waals surface area contributed by atoms with Gasteiger partial charge < -0.3 is 9.64 Å². The summed E-state index contributed by atoms with van der Waals surface area (Å²) < 4.78 is 6.62. The number of halogens is 1. The minimum atomic E-state index is 0.233. The first-order chi connectivity index (χ1) is 6.18. The molecule has 70 valence electrons. The van der Waals surface area contributed by atoms with Crippen molar-refractivity contribution in [3.63, 3.8) is 0 Å². The van der Waals surface area contributed by atoms with Crippen molar-refractivity contribution in [2.24, 2.45) is 0 Å². The first kappa shape index (κ1) is 8.81. The Bertz CT molecular complexity index is 329. The van der Waals surface area contributed by atoms with Gasteiger partial charge in [-0.2, -0.15) is 0 Å². The lowest BCUT2D eigenvalue weighted by Crippen LogP contribution is -2.35. The number of pyridine rings is 1. The topological polar surface area (TPSA) is 25.4 Å². The van der Waals surface area contributed by atoms with E-state index in [9.17, 15) is 0 Å². The monoisotopic (exact) mass is 242 g/mol. The second-order valence-electron chi connectivity index (χ2n) is 3.28. The molecule has 0 aromatic carbocycles. The van der Waals surface area contributed by atoms with Gasteiger partial charge in [0.15, 0.2) is 5.75 Å². The molecule has 0 amide bonds. The van der Waals surface area contributed by atoms with E-state index in [1.54, 1.807) is 6.20 Å². The maximum Gasteiger partial charge on any atom is 0.160 e. The Morgan fingerprint density at radius 1 is 1.62 bits per heavy atom. The van der Waals surface area contributed by atoms with Gasteiger partial charge in [0.05, 0.1) is 22.9 Å². The second-order valence-corrected chi connectivity index (χ2v) is 4.13. The van der Waals surface area contributed by atoms with Gasteiger partial charge in [0.25, 0.3) is 0 Å². The van der Waals surface area contributed by atoms with Crippen molar-refractivity contribution in [3.8, 4) is 5.75 Å². The number of likely N-dealkylation sites (N-methyl/N-ethyl adjacent to an activating group) is 1. The van der Waals surface area contributed by atoms with Gasteiger partial charge >= 0.3 is 0 Å². The van der Waals surface area contributed by atoms with Crippen LogP contribution in [0.3, 0.4) is 0 Å². The van der Waals surface area contributed by atoms with E-state index < -0.39 is 0 Å². The molecule has 2 rings (SSSR count). The van der Waals surface area contributed by atoms with Crippen molar-refractivity contribution in [3.05, 3.63) is 16.9 Å². The lowest BCUT2D eigenvalue weighted by atomic mass is 10.2. The largest absolute Gasteiger partial charge is 0.485 e. The van der Waals surface area contributed by atoms with Gasteiger partial charge in [-0.05, 0) is 22.9 Å². The summed E-state index contributed by atoms with van der Waals surface area (Å²) in [7, 11) is 2.05. The van der Waals surface area contributed by atoms with Gasteiger partial charge in [0.2, 0.25) is 0 Å². The number of anilines is 1. The zero-order valence-corrected chi connectivity index (χ0v) is 9.21. The molecule has 0 aliphatic carbocycles. The van der Waals surface area contributed by atoms with E-state index in [1.807, 2.05) is 13.2 Å². The summed E-state index contributed by atoms with van der Waals surface area (Å²) in [6.45, 7) is 2.97. The van der Waals surface area contributed by atoms with Gasteiger partial charge in [-0.15, -0.1) is 0 Å². The second kappa shape index (κ2) is 3.18. The van der Waals surface area contributed by atoms with Gasteiger partial charge in [0, 0.05) is 13.2 Å². The zero-order chi connectivity index (χ0) is 9.42. The third kappa shape index (κ3) is 1.50. The summed E-state index contributed by atoms with van der Waals surface area (Å²) in [5.74, 6) is 0.899. The third-order valence-electron chi connectivity index (χ3n) is 2.10. The highest BCUT2D eigenvalue weighted by Gasteiger charge is 2.22. The normalized spacial score (nSPS) is 20.8. The van der Waals surface area contributed by atoms with Crippen LogP contribution in [0.4, 0.5) is 5.69 Å². The summed E-state index contributed by atoms with van der Waals surface area (Å²) >= 11 is 3.42. The summed E-state index contributed by atoms with van der Waals surface area (Å²) in [4.78, 5) is 6.26. The molecule has 4 heteroatoms. The molecular formula is C9H11BrN2O. The third-order valence-corrected chi connectivity index (χ3v) is 2.66. The molecule has 0 bridgehead atoms. The molecule has 0 spiro atoms. The van der Waals surface area contributed by atoms with Crippen molar-refractivity contribution >= 4 is 21.6 Å². The highest BCUT2D eigenvalue weighted by molar-refractivity contribution is 9.10. The number of fused-ring (bicyclic) bond motifs is 1. The fraction of sp³-hybridized carbons (Fsp3) is 0.444. The fourth-order valence-electron chi connectivity index (χ4n) is 1.52. The molecule has 1 atom stereocenters. The highest BCUT2D eigenvalue weighted by atomic mass is 79.9. The van der Waals surface area contributed by atoms with Crippen LogP contribution < -0.4 is 9.64 Å². The molecule has 0 radical (unpaired) electrons. The molecular weight excluding hydrogens is 232 g/mol. The van der Waals surface area contributed by atoms with Gasteiger partial charge in [-0.25, -0.2) is 0 Å². The maximum absolute atomic E-state index is 5.70. The van der Waals surface area contributed by atoms with Gasteiger partial charge in [-0.3, -0.25) is 4.98 Å². The van der Waals surface area contributed by atoms with Crippen LogP contribution in [0.15, 0.2) is 16.9 Å². The first-order valence-corrected chi connectivity index (χ1v) is 4.99. The van der Waals surface area contributed by atoms with E-state index in [1.165, 1.54) is 0 Å². The molecule has 1 aliphatic rings. The van der Waals surface area contributed by atoms with Crippen LogP contribution in [0.5, 0.6) is 5.75 Å². The zero-order valence-electron chi connectivity index (χ0n) is 7.62. The van der Waals surface area contributed by atoms with E-state index in [-0.39, 0.29) is 6.10 Å². The van der Waals surface area contributed by atoms with Crippen molar-refractivity contribution in [2.75, 3.05) is 18.5 Å². The smallest absolute Gasteiger partial charge is 0.160 e. The minimum Gasteiger partial charge on any atom is -0.485 e. The molecule has 1 unspecified atom stereocenters. The molecule has 1 aliphatic heterocycles. The molecule has 0 saturated heterocycles. The molecule has 0 saturated carbocycles. The fourth-order valence-corrected chi connectivity index (χ4v) is 1.94. The molecule has 1 aromatic heterocycles. The molecule has 0 fully saturated rings. The van der Waals surface area contributed by atoms with E-state index in [4.69, 9.17) is 4.74 Å². The van der Waals surface area contributed by atoms with Crippen molar-refractivity contribution in [2.45, 2.75) is 13.0 Å². The lowest BCUT2D eigenvalue weighted by Gasteiger charge is -2.32. The standard InChI is InChI=1S/C9H11BrN2O/c1-6-5-12(2)8-4-11-3-7(10)9(8)13-6/h3-4,6H,5H2,1-2H3. The first-order valence-electron chi connectivity index (χ1n) is 4.20.